The van der Waals surface area contributed by atoms with Crippen molar-refractivity contribution in [1.29, 1.82) is 0 Å². The summed E-state index contributed by atoms with van der Waals surface area (Å²) >= 11 is 5.94. The van der Waals surface area contributed by atoms with Crippen molar-refractivity contribution in [3.63, 3.8) is 0 Å². The Balaban J connectivity index is 1.78. The fraction of sp³-hybridized carbons (Fsp3) is 0.312. The van der Waals surface area contributed by atoms with E-state index in [1.165, 1.54) is 0 Å². The molecular formula is C16H15ClN4O2. The van der Waals surface area contributed by atoms with Crippen LogP contribution in [0, 0.1) is 11.8 Å². The van der Waals surface area contributed by atoms with Crippen molar-refractivity contribution in [3.05, 3.63) is 46.5 Å². The molecule has 7 heteroatoms. The molecule has 0 aliphatic carbocycles. The molecule has 1 aromatic heterocycles. The second kappa shape index (κ2) is 6.71. The van der Waals surface area contributed by atoms with Gasteiger partial charge in [0.1, 0.15) is 0 Å². The normalized spacial score (nSPS) is 13.0. The molecule has 1 amide bonds. The second-order valence-corrected chi connectivity index (χ2v) is 5.41. The highest BCUT2D eigenvalue weighted by Gasteiger charge is 2.24. The minimum atomic E-state index is -0.326. The van der Waals surface area contributed by atoms with Crippen LogP contribution in [-0.2, 0) is 17.8 Å². The van der Waals surface area contributed by atoms with E-state index in [-0.39, 0.29) is 6.09 Å². The quantitative estimate of drug-likeness (QED) is 0.753. The van der Waals surface area contributed by atoms with E-state index in [2.05, 4.69) is 22.0 Å². The third-order valence-corrected chi connectivity index (χ3v) is 3.66. The number of amides is 1. The van der Waals surface area contributed by atoms with Crippen molar-refractivity contribution >= 4 is 17.7 Å². The number of rotatable bonds is 1. The van der Waals surface area contributed by atoms with Crippen molar-refractivity contribution in [2.45, 2.75) is 20.0 Å². The first-order valence-corrected chi connectivity index (χ1v) is 7.66. The summed E-state index contributed by atoms with van der Waals surface area (Å²) in [5.74, 6) is 7.34. The van der Waals surface area contributed by atoms with Crippen LogP contribution in [0.5, 0.6) is 0 Å². The lowest BCUT2D eigenvalue weighted by atomic mass is 10.2. The summed E-state index contributed by atoms with van der Waals surface area (Å²) in [6.07, 6.45) is -0.326. The number of ether oxygens (including phenoxy) is 1. The molecule has 0 atom stereocenters. The number of fused-ring (bicyclic) bond motifs is 1. The molecule has 0 spiro atoms. The van der Waals surface area contributed by atoms with Crippen molar-refractivity contribution < 1.29 is 9.53 Å². The highest BCUT2D eigenvalue weighted by molar-refractivity contribution is 6.30. The summed E-state index contributed by atoms with van der Waals surface area (Å²) < 4.78 is 6.93. The molecule has 0 saturated heterocycles. The number of carbonyl (C=O) groups excluding carboxylic acids is 1. The minimum absolute atomic E-state index is 0.326. The standard InChI is InChI=1S/C16H15ClN4O2/c1-2-23-16(22)20-8-9-21-14(18-19-15(21)11-20)7-6-12-4-3-5-13(17)10-12/h3-5,10H,2,8-9,11H2,1H3. The number of nitrogens with zero attached hydrogens (tertiary/aromatic N) is 4. The molecule has 1 aliphatic heterocycles. The molecule has 0 bridgehead atoms. The molecule has 118 valence electrons. The molecule has 23 heavy (non-hydrogen) atoms. The van der Waals surface area contributed by atoms with Crippen LogP contribution in [0.2, 0.25) is 5.02 Å². The van der Waals surface area contributed by atoms with Crippen molar-refractivity contribution in [1.82, 2.24) is 19.7 Å². The summed E-state index contributed by atoms with van der Waals surface area (Å²) in [4.78, 5) is 13.4. The first-order valence-electron chi connectivity index (χ1n) is 7.28. The van der Waals surface area contributed by atoms with Gasteiger partial charge in [0, 0.05) is 23.7 Å². The fourth-order valence-corrected chi connectivity index (χ4v) is 2.51. The van der Waals surface area contributed by atoms with Crippen LogP contribution in [-0.4, -0.2) is 38.9 Å². The predicted octanol–water partition coefficient (Wildman–Crippen LogP) is 2.30. The van der Waals surface area contributed by atoms with Gasteiger partial charge in [-0.15, -0.1) is 10.2 Å². The maximum atomic E-state index is 11.8. The molecule has 6 nitrogen and oxygen atoms in total. The molecule has 1 aromatic carbocycles. The molecule has 2 heterocycles. The highest BCUT2D eigenvalue weighted by atomic mass is 35.5. The van der Waals surface area contributed by atoms with E-state index in [1.54, 1.807) is 24.0 Å². The summed E-state index contributed by atoms with van der Waals surface area (Å²) in [5, 5.41) is 8.86. The lowest BCUT2D eigenvalue weighted by molar-refractivity contribution is 0.0962. The van der Waals surface area contributed by atoms with Crippen LogP contribution in [0.1, 0.15) is 24.1 Å². The number of carbonyl (C=O) groups is 1. The third-order valence-electron chi connectivity index (χ3n) is 3.42. The molecular weight excluding hydrogens is 316 g/mol. The Bertz CT molecular complexity index is 791. The van der Waals surface area contributed by atoms with Crippen LogP contribution < -0.4 is 0 Å². The predicted molar refractivity (Wildman–Crippen MR) is 84.9 cm³/mol. The van der Waals surface area contributed by atoms with Crippen LogP contribution >= 0.6 is 11.6 Å². The van der Waals surface area contributed by atoms with Crippen LogP contribution in [0.25, 0.3) is 0 Å². The van der Waals surface area contributed by atoms with Gasteiger partial charge in [0.25, 0.3) is 0 Å². The summed E-state index contributed by atoms with van der Waals surface area (Å²) in [7, 11) is 0. The number of hydrogen-bond donors (Lipinski definition) is 0. The summed E-state index contributed by atoms with van der Waals surface area (Å²) in [6.45, 7) is 3.67. The SMILES string of the molecule is CCOC(=O)N1CCn2c(C#Cc3cccc(Cl)c3)nnc2C1. The van der Waals surface area contributed by atoms with E-state index in [4.69, 9.17) is 16.3 Å². The van der Waals surface area contributed by atoms with Gasteiger partial charge in [0.2, 0.25) is 5.82 Å². The van der Waals surface area contributed by atoms with E-state index >= 15 is 0 Å². The monoisotopic (exact) mass is 330 g/mol. The van der Waals surface area contributed by atoms with Crippen LogP contribution in [0.3, 0.4) is 0 Å². The van der Waals surface area contributed by atoms with E-state index in [0.717, 1.165) is 5.56 Å². The zero-order chi connectivity index (χ0) is 16.2. The average molecular weight is 331 g/mol. The van der Waals surface area contributed by atoms with Gasteiger partial charge in [0.05, 0.1) is 13.2 Å². The highest BCUT2D eigenvalue weighted by Crippen LogP contribution is 2.13. The van der Waals surface area contributed by atoms with E-state index in [9.17, 15) is 4.79 Å². The van der Waals surface area contributed by atoms with E-state index < -0.39 is 0 Å². The number of halogens is 1. The Morgan fingerprint density at radius 1 is 1.35 bits per heavy atom. The van der Waals surface area contributed by atoms with Crippen LogP contribution in [0.15, 0.2) is 24.3 Å². The average Bonchev–Trinajstić information content (AvgIpc) is 2.95. The zero-order valence-corrected chi connectivity index (χ0v) is 13.4. The Morgan fingerprint density at radius 3 is 3.00 bits per heavy atom. The first-order chi connectivity index (χ1) is 11.2. The van der Waals surface area contributed by atoms with Gasteiger partial charge in [0.15, 0.2) is 5.82 Å². The molecule has 1 aliphatic rings. The number of aromatic nitrogens is 3. The number of benzene rings is 1. The summed E-state index contributed by atoms with van der Waals surface area (Å²) in [5.41, 5.74) is 0.818. The zero-order valence-electron chi connectivity index (χ0n) is 12.6. The molecule has 0 unspecified atom stereocenters. The van der Waals surface area contributed by atoms with Gasteiger partial charge >= 0.3 is 6.09 Å². The molecule has 2 aromatic rings. The van der Waals surface area contributed by atoms with Gasteiger partial charge in [-0.2, -0.15) is 0 Å². The van der Waals surface area contributed by atoms with Gasteiger partial charge < -0.3 is 9.30 Å². The van der Waals surface area contributed by atoms with Gasteiger partial charge in [-0.3, -0.25) is 4.90 Å². The smallest absolute Gasteiger partial charge is 0.410 e. The molecule has 0 fully saturated rings. The van der Waals surface area contributed by atoms with Crippen molar-refractivity contribution in [2.75, 3.05) is 13.2 Å². The van der Waals surface area contributed by atoms with E-state index in [1.807, 2.05) is 16.7 Å². The minimum Gasteiger partial charge on any atom is -0.450 e. The Labute approximate surface area is 139 Å². The van der Waals surface area contributed by atoms with Crippen molar-refractivity contribution in [3.8, 4) is 11.8 Å². The molecule has 3 rings (SSSR count). The maximum absolute atomic E-state index is 11.8. The lowest BCUT2D eigenvalue weighted by Crippen LogP contribution is -2.39. The molecule has 0 N–H and O–H groups in total. The van der Waals surface area contributed by atoms with Crippen LogP contribution in [0.4, 0.5) is 4.79 Å². The Morgan fingerprint density at radius 2 is 2.22 bits per heavy atom. The molecule has 0 radical (unpaired) electrons. The van der Waals surface area contributed by atoms with Gasteiger partial charge in [-0.25, -0.2) is 4.79 Å². The topological polar surface area (TPSA) is 60.2 Å². The second-order valence-electron chi connectivity index (χ2n) is 4.97. The molecule has 0 saturated carbocycles. The third kappa shape index (κ3) is 3.46. The Hall–Kier alpha value is -2.52. The lowest BCUT2D eigenvalue weighted by Gasteiger charge is -2.26. The largest absolute Gasteiger partial charge is 0.450 e. The first kappa shape index (κ1) is 15.4. The Kier molecular flexibility index (Phi) is 4.49. The summed E-state index contributed by atoms with van der Waals surface area (Å²) in [6, 6.07) is 7.33. The van der Waals surface area contributed by atoms with Crippen molar-refractivity contribution in [2.24, 2.45) is 0 Å². The maximum Gasteiger partial charge on any atom is 0.410 e. The fourth-order valence-electron chi connectivity index (χ4n) is 2.32. The van der Waals surface area contributed by atoms with Gasteiger partial charge in [-0.1, -0.05) is 23.6 Å². The van der Waals surface area contributed by atoms with E-state index in [0.29, 0.717) is 42.9 Å². The van der Waals surface area contributed by atoms with Gasteiger partial charge in [-0.05, 0) is 31.0 Å². The number of hydrogen-bond acceptors (Lipinski definition) is 4.